The van der Waals surface area contributed by atoms with Crippen molar-refractivity contribution in [1.29, 1.82) is 0 Å². The third-order valence-corrected chi connectivity index (χ3v) is 3.00. The van der Waals surface area contributed by atoms with E-state index in [1.165, 1.54) is 6.07 Å². The maximum Gasteiger partial charge on any atom is 0.409 e. The van der Waals surface area contributed by atoms with Gasteiger partial charge in [-0.15, -0.1) is 0 Å². The van der Waals surface area contributed by atoms with Gasteiger partial charge in [0.15, 0.2) is 0 Å². The van der Waals surface area contributed by atoms with E-state index < -0.39 is 6.09 Å². The number of amides is 1. The average molecular weight is 281 g/mol. The lowest BCUT2D eigenvalue weighted by atomic mass is 10.0. The maximum atomic E-state index is 11.3. The van der Waals surface area contributed by atoms with Gasteiger partial charge < -0.3 is 15.5 Å². The van der Waals surface area contributed by atoms with Crippen LogP contribution in [0.4, 0.5) is 4.79 Å². The molecular formula is C15H11N3O3. The van der Waals surface area contributed by atoms with Gasteiger partial charge in [-0.05, 0) is 35.4 Å². The van der Waals surface area contributed by atoms with Gasteiger partial charge in [0.1, 0.15) is 11.4 Å². The van der Waals surface area contributed by atoms with E-state index in [0.717, 1.165) is 16.5 Å². The summed E-state index contributed by atoms with van der Waals surface area (Å²) in [6.45, 7) is 0. The smallest absolute Gasteiger partial charge is 0.409 e. The summed E-state index contributed by atoms with van der Waals surface area (Å²) in [7, 11) is 0. The number of hydrogen-bond donors (Lipinski definition) is 2. The fourth-order valence-corrected chi connectivity index (χ4v) is 2.15. The Labute approximate surface area is 119 Å². The highest BCUT2D eigenvalue weighted by Gasteiger charge is 2.07. The van der Waals surface area contributed by atoms with Crippen molar-refractivity contribution in [2.75, 3.05) is 0 Å². The summed E-state index contributed by atoms with van der Waals surface area (Å²) in [4.78, 5) is 29.0. The number of nitrogens with two attached hydrogens (primary N) is 1. The van der Waals surface area contributed by atoms with E-state index >= 15 is 0 Å². The van der Waals surface area contributed by atoms with E-state index in [4.69, 9.17) is 10.5 Å². The molecular weight excluding hydrogens is 270 g/mol. The summed E-state index contributed by atoms with van der Waals surface area (Å²) >= 11 is 0. The molecule has 104 valence electrons. The number of hydrogen-bond acceptors (Lipinski definition) is 4. The molecule has 0 aliphatic rings. The summed E-state index contributed by atoms with van der Waals surface area (Å²) in [6.07, 6.45) is 0.742. The lowest BCUT2D eigenvalue weighted by Crippen LogP contribution is -2.16. The molecule has 0 radical (unpaired) electrons. The number of pyridine rings is 2. The summed E-state index contributed by atoms with van der Waals surface area (Å²) < 4.78 is 4.87. The second-order valence-corrected chi connectivity index (χ2v) is 4.39. The van der Waals surface area contributed by atoms with Gasteiger partial charge in [-0.1, -0.05) is 12.1 Å². The van der Waals surface area contributed by atoms with Gasteiger partial charge in [0.25, 0.3) is 0 Å². The van der Waals surface area contributed by atoms with Crippen LogP contribution in [0.2, 0.25) is 0 Å². The van der Waals surface area contributed by atoms with Crippen LogP contribution >= 0.6 is 0 Å². The number of nitrogens with zero attached hydrogens (tertiary/aromatic N) is 1. The van der Waals surface area contributed by atoms with E-state index in [1.807, 2.05) is 12.1 Å². The third-order valence-electron chi connectivity index (χ3n) is 3.00. The van der Waals surface area contributed by atoms with Crippen LogP contribution in [0.3, 0.4) is 0 Å². The van der Waals surface area contributed by atoms with Gasteiger partial charge in [0.2, 0.25) is 5.56 Å². The highest BCUT2D eigenvalue weighted by atomic mass is 16.5. The van der Waals surface area contributed by atoms with Gasteiger partial charge in [0.05, 0.1) is 0 Å². The van der Waals surface area contributed by atoms with Crippen LogP contribution in [0.15, 0.2) is 53.5 Å². The van der Waals surface area contributed by atoms with E-state index in [1.54, 1.807) is 30.5 Å². The number of benzene rings is 1. The Hall–Kier alpha value is -3.15. The maximum absolute atomic E-state index is 11.3. The molecule has 6 nitrogen and oxygen atoms in total. The van der Waals surface area contributed by atoms with Crippen molar-refractivity contribution in [2.24, 2.45) is 5.73 Å². The summed E-state index contributed by atoms with van der Waals surface area (Å²) in [5, 5.41) is 0.799. The predicted molar refractivity (Wildman–Crippen MR) is 78.0 cm³/mol. The van der Waals surface area contributed by atoms with Crippen molar-refractivity contribution in [3.05, 3.63) is 59.0 Å². The van der Waals surface area contributed by atoms with Crippen molar-refractivity contribution in [3.63, 3.8) is 0 Å². The van der Waals surface area contributed by atoms with Gasteiger partial charge in [-0.25, -0.2) is 9.78 Å². The standard InChI is InChI=1S/C15H11N3O3/c16-15(20)21-10-3-1-2-9(8-10)11-6-7-17-14-12(11)4-5-13(19)18-14/h1-8H,(H2,16,20)(H,17,18,19). The Morgan fingerprint density at radius 2 is 2.05 bits per heavy atom. The molecule has 21 heavy (non-hydrogen) atoms. The Bertz CT molecular complexity index is 886. The van der Waals surface area contributed by atoms with Crippen LogP contribution in [0.5, 0.6) is 5.75 Å². The molecule has 0 saturated heterocycles. The van der Waals surface area contributed by atoms with Crippen molar-refractivity contribution in [3.8, 4) is 16.9 Å². The van der Waals surface area contributed by atoms with Crippen molar-refractivity contribution in [1.82, 2.24) is 9.97 Å². The fourth-order valence-electron chi connectivity index (χ4n) is 2.15. The lowest BCUT2D eigenvalue weighted by Gasteiger charge is -2.07. The first kappa shape index (κ1) is 12.9. The number of nitrogens with one attached hydrogen (secondary N) is 1. The largest absolute Gasteiger partial charge is 0.410 e. The van der Waals surface area contributed by atoms with Crippen LogP contribution < -0.4 is 16.0 Å². The molecule has 0 unspecified atom stereocenters. The normalized spacial score (nSPS) is 10.5. The monoisotopic (exact) mass is 281 g/mol. The Balaban J connectivity index is 2.16. The molecule has 3 aromatic rings. The second-order valence-electron chi connectivity index (χ2n) is 4.39. The molecule has 3 N–H and O–H groups in total. The first-order chi connectivity index (χ1) is 10.1. The molecule has 6 heteroatoms. The minimum atomic E-state index is -0.865. The molecule has 2 aromatic heterocycles. The Kier molecular flexibility index (Phi) is 3.12. The first-order valence-corrected chi connectivity index (χ1v) is 6.19. The van der Waals surface area contributed by atoms with E-state index in [9.17, 15) is 9.59 Å². The summed E-state index contributed by atoms with van der Waals surface area (Å²) in [5.41, 5.74) is 6.99. The summed E-state index contributed by atoms with van der Waals surface area (Å²) in [6, 6.07) is 11.9. The molecule has 1 aromatic carbocycles. The zero-order valence-corrected chi connectivity index (χ0v) is 10.9. The van der Waals surface area contributed by atoms with Crippen LogP contribution in [-0.4, -0.2) is 16.1 Å². The average Bonchev–Trinajstić information content (AvgIpc) is 2.46. The fraction of sp³-hybridized carbons (Fsp3) is 0. The number of carbonyl (C=O) groups excluding carboxylic acids is 1. The quantitative estimate of drug-likeness (QED) is 0.751. The molecule has 2 heterocycles. The molecule has 0 aliphatic heterocycles. The molecule has 0 atom stereocenters. The van der Waals surface area contributed by atoms with Crippen molar-refractivity contribution < 1.29 is 9.53 Å². The zero-order chi connectivity index (χ0) is 14.8. The number of carbonyl (C=O) groups is 1. The molecule has 0 bridgehead atoms. The highest BCUT2D eigenvalue weighted by molar-refractivity contribution is 5.92. The molecule has 0 fully saturated rings. The number of aromatic nitrogens is 2. The lowest BCUT2D eigenvalue weighted by molar-refractivity contribution is 0.211. The highest BCUT2D eigenvalue weighted by Crippen LogP contribution is 2.28. The second kappa shape index (κ2) is 5.09. The number of aromatic amines is 1. The Morgan fingerprint density at radius 1 is 1.19 bits per heavy atom. The molecule has 0 saturated carbocycles. The van der Waals surface area contributed by atoms with Gasteiger partial charge in [-0.2, -0.15) is 0 Å². The molecule has 0 spiro atoms. The zero-order valence-electron chi connectivity index (χ0n) is 10.9. The van der Waals surface area contributed by atoms with Crippen molar-refractivity contribution in [2.45, 2.75) is 0 Å². The molecule has 3 rings (SSSR count). The van der Waals surface area contributed by atoms with E-state index in [-0.39, 0.29) is 5.56 Å². The SMILES string of the molecule is NC(=O)Oc1cccc(-c2ccnc3[nH]c(=O)ccc23)c1. The number of primary amides is 1. The molecule has 1 amide bonds. The number of ether oxygens (including phenoxy) is 1. The van der Waals surface area contributed by atoms with Crippen LogP contribution in [0.25, 0.3) is 22.2 Å². The minimum Gasteiger partial charge on any atom is -0.410 e. The number of H-pyrrole nitrogens is 1. The third kappa shape index (κ3) is 2.59. The van der Waals surface area contributed by atoms with Crippen LogP contribution in [-0.2, 0) is 0 Å². The number of rotatable bonds is 2. The van der Waals surface area contributed by atoms with Crippen LogP contribution in [0, 0.1) is 0 Å². The van der Waals surface area contributed by atoms with E-state index in [2.05, 4.69) is 9.97 Å². The minimum absolute atomic E-state index is 0.210. The Morgan fingerprint density at radius 3 is 2.86 bits per heavy atom. The molecule has 0 aliphatic carbocycles. The van der Waals surface area contributed by atoms with Gasteiger partial charge in [0, 0.05) is 17.6 Å². The first-order valence-electron chi connectivity index (χ1n) is 6.19. The topological polar surface area (TPSA) is 98.1 Å². The van der Waals surface area contributed by atoms with E-state index in [0.29, 0.717) is 11.4 Å². The summed E-state index contributed by atoms with van der Waals surface area (Å²) in [5.74, 6) is 0.356. The van der Waals surface area contributed by atoms with Gasteiger partial charge >= 0.3 is 6.09 Å². The predicted octanol–water partition coefficient (Wildman–Crippen LogP) is 2.05. The van der Waals surface area contributed by atoms with Crippen LogP contribution in [0.1, 0.15) is 0 Å². The van der Waals surface area contributed by atoms with Crippen molar-refractivity contribution >= 4 is 17.1 Å². The number of fused-ring (bicyclic) bond motifs is 1. The van der Waals surface area contributed by atoms with Gasteiger partial charge in [-0.3, -0.25) is 4.79 Å².